The molecule has 0 atom stereocenters. The first-order valence-corrected chi connectivity index (χ1v) is 9.09. The molecule has 0 bridgehead atoms. The van der Waals surface area contributed by atoms with E-state index in [0.717, 1.165) is 65.1 Å². The molecule has 1 fully saturated rings. The lowest BCUT2D eigenvalue weighted by Gasteiger charge is -2.22. The first-order chi connectivity index (χ1) is 13.2. The van der Waals surface area contributed by atoms with Crippen LogP contribution < -0.4 is 5.32 Å². The molecule has 27 heavy (non-hydrogen) atoms. The minimum Gasteiger partial charge on any atom is -0.443 e. The topological polar surface area (TPSA) is 90.9 Å². The number of hydrogen-bond acceptors (Lipinski definition) is 7. The zero-order chi connectivity index (χ0) is 18.4. The fourth-order valence-electron chi connectivity index (χ4n) is 3.57. The summed E-state index contributed by atoms with van der Waals surface area (Å²) in [5, 5.41) is 9.02. The molecule has 0 unspecified atom stereocenters. The number of nitrogens with one attached hydrogen (secondary N) is 1. The van der Waals surface area contributed by atoms with Crippen molar-refractivity contribution in [1.29, 1.82) is 0 Å². The van der Waals surface area contributed by atoms with Crippen LogP contribution in [0.1, 0.15) is 30.1 Å². The van der Waals surface area contributed by atoms with Crippen molar-refractivity contribution in [1.82, 2.24) is 24.7 Å². The molecule has 0 amide bonds. The van der Waals surface area contributed by atoms with Crippen LogP contribution in [0.25, 0.3) is 22.1 Å². The smallest absolute Gasteiger partial charge is 0.229 e. The highest BCUT2D eigenvalue weighted by molar-refractivity contribution is 5.82. The number of nitrogens with zero attached hydrogens (tertiary/aromatic N) is 5. The number of ether oxygens (including phenoxy) is 1. The van der Waals surface area contributed by atoms with Crippen molar-refractivity contribution in [3.8, 4) is 0 Å². The summed E-state index contributed by atoms with van der Waals surface area (Å²) in [6.45, 7) is 5.53. The van der Waals surface area contributed by atoms with E-state index in [-0.39, 0.29) is 0 Å². The third-order valence-electron chi connectivity index (χ3n) is 5.09. The fraction of sp³-hybridized carbons (Fsp3) is 0.368. The average molecular weight is 364 g/mol. The second kappa shape index (κ2) is 6.31. The molecule has 0 spiro atoms. The number of aromatic nitrogens is 5. The third kappa shape index (κ3) is 2.82. The molecule has 8 heteroatoms. The van der Waals surface area contributed by atoms with Crippen LogP contribution in [0.2, 0.25) is 0 Å². The highest BCUT2D eigenvalue weighted by Gasteiger charge is 2.21. The zero-order valence-corrected chi connectivity index (χ0v) is 15.3. The maximum absolute atomic E-state index is 5.48. The second-order valence-electron chi connectivity index (χ2n) is 6.92. The van der Waals surface area contributed by atoms with Gasteiger partial charge in [0.25, 0.3) is 0 Å². The van der Waals surface area contributed by atoms with Gasteiger partial charge >= 0.3 is 0 Å². The van der Waals surface area contributed by atoms with Crippen LogP contribution >= 0.6 is 0 Å². The van der Waals surface area contributed by atoms with Gasteiger partial charge in [-0.15, -0.1) is 0 Å². The van der Waals surface area contributed by atoms with E-state index in [1.165, 1.54) is 6.39 Å². The van der Waals surface area contributed by atoms with Crippen molar-refractivity contribution < 1.29 is 9.15 Å². The molecular weight excluding hydrogens is 344 g/mol. The Balaban J connectivity index is 1.54. The largest absolute Gasteiger partial charge is 0.443 e. The van der Waals surface area contributed by atoms with E-state index in [4.69, 9.17) is 19.2 Å². The Morgan fingerprint density at radius 2 is 2.00 bits per heavy atom. The van der Waals surface area contributed by atoms with Gasteiger partial charge in [0.1, 0.15) is 5.52 Å². The van der Waals surface area contributed by atoms with Crippen LogP contribution in [-0.4, -0.2) is 37.9 Å². The molecule has 1 aromatic carbocycles. The van der Waals surface area contributed by atoms with Crippen LogP contribution in [-0.2, 0) is 4.74 Å². The Bertz CT molecular complexity index is 1130. The van der Waals surface area contributed by atoms with E-state index in [1.807, 2.05) is 36.9 Å². The molecule has 0 saturated carbocycles. The number of hydrogen-bond donors (Lipinski definition) is 1. The van der Waals surface area contributed by atoms with Crippen LogP contribution in [0.4, 0.5) is 11.6 Å². The standard InChI is InChI=1S/C19H20N6O2/c1-11-7-17-16(21-10-27-17)8-15(11)22-19-20-9-14-12(2)24-25(18(14)23-19)13-3-5-26-6-4-13/h7-10,13H,3-6H2,1-2H3,(H,20,22,23). The van der Waals surface area contributed by atoms with Gasteiger partial charge in [0.05, 0.1) is 17.1 Å². The summed E-state index contributed by atoms with van der Waals surface area (Å²) in [4.78, 5) is 13.5. The van der Waals surface area contributed by atoms with Gasteiger partial charge in [-0.1, -0.05) is 0 Å². The first-order valence-electron chi connectivity index (χ1n) is 9.09. The Kier molecular flexibility index (Phi) is 3.78. The summed E-state index contributed by atoms with van der Waals surface area (Å²) in [6.07, 6.45) is 5.19. The monoisotopic (exact) mass is 364 g/mol. The van der Waals surface area contributed by atoms with E-state index in [2.05, 4.69) is 15.3 Å². The van der Waals surface area contributed by atoms with Crippen molar-refractivity contribution in [3.63, 3.8) is 0 Å². The van der Waals surface area contributed by atoms with Gasteiger partial charge in [0, 0.05) is 25.1 Å². The molecule has 0 aliphatic carbocycles. The Hall–Kier alpha value is -3.00. The maximum Gasteiger partial charge on any atom is 0.229 e. The van der Waals surface area contributed by atoms with E-state index < -0.39 is 0 Å². The summed E-state index contributed by atoms with van der Waals surface area (Å²) in [7, 11) is 0. The lowest BCUT2D eigenvalue weighted by molar-refractivity contribution is 0.0672. The Morgan fingerprint density at radius 1 is 1.15 bits per heavy atom. The predicted octanol–water partition coefficient (Wildman–Crippen LogP) is 3.68. The maximum atomic E-state index is 5.48. The van der Waals surface area contributed by atoms with Crippen molar-refractivity contribution in [2.45, 2.75) is 32.7 Å². The summed E-state index contributed by atoms with van der Waals surface area (Å²) in [5.41, 5.74) is 5.32. The van der Waals surface area contributed by atoms with E-state index in [0.29, 0.717) is 12.0 Å². The van der Waals surface area contributed by atoms with E-state index in [1.54, 1.807) is 0 Å². The van der Waals surface area contributed by atoms with Crippen molar-refractivity contribution >= 4 is 33.8 Å². The normalized spacial score (nSPS) is 15.6. The summed E-state index contributed by atoms with van der Waals surface area (Å²) in [6, 6.07) is 4.22. The third-order valence-corrected chi connectivity index (χ3v) is 5.09. The molecule has 1 saturated heterocycles. The van der Waals surface area contributed by atoms with Crippen LogP contribution in [0.3, 0.4) is 0 Å². The van der Waals surface area contributed by atoms with Gasteiger partial charge in [-0.25, -0.2) is 14.6 Å². The van der Waals surface area contributed by atoms with Gasteiger partial charge < -0.3 is 14.5 Å². The van der Waals surface area contributed by atoms with Gasteiger partial charge in [0.2, 0.25) is 5.95 Å². The molecule has 0 radical (unpaired) electrons. The van der Waals surface area contributed by atoms with Gasteiger partial charge in [-0.2, -0.15) is 10.1 Å². The minimum absolute atomic E-state index is 0.311. The molecule has 8 nitrogen and oxygen atoms in total. The number of fused-ring (bicyclic) bond motifs is 2. The molecule has 5 rings (SSSR count). The van der Waals surface area contributed by atoms with Crippen molar-refractivity contribution in [2.24, 2.45) is 0 Å². The van der Waals surface area contributed by atoms with Crippen LogP contribution in [0.5, 0.6) is 0 Å². The SMILES string of the molecule is Cc1cc2ocnc2cc1Nc1ncc2c(C)nn(C3CCOCC3)c2n1. The number of aryl methyl sites for hydroxylation is 2. The Labute approximate surface area is 155 Å². The fourth-order valence-corrected chi connectivity index (χ4v) is 3.57. The predicted molar refractivity (Wildman–Crippen MR) is 101 cm³/mol. The van der Waals surface area contributed by atoms with E-state index in [9.17, 15) is 0 Å². The van der Waals surface area contributed by atoms with Gasteiger partial charge in [0.15, 0.2) is 17.6 Å². The highest BCUT2D eigenvalue weighted by atomic mass is 16.5. The number of rotatable bonds is 3. The summed E-state index contributed by atoms with van der Waals surface area (Å²) >= 11 is 0. The number of anilines is 2. The quantitative estimate of drug-likeness (QED) is 0.593. The summed E-state index contributed by atoms with van der Waals surface area (Å²) in [5.74, 6) is 0.543. The molecule has 3 aromatic heterocycles. The minimum atomic E-state index is 0.311. The zero-order valence-electron chi connectivity index (χ0n) is 15.3. The van der Waals surface area contributed by atoms with Crippen molar-refractivity contribution in [2.75, 3.05) is 18.5 Å². The van der Waals surface area contributed by atoms with E-state index >= 15 is 0 Å². The average Bonchev–Trinajstić information content (AvgIpc) is 3.26. The Morgan fingerprint density at radius 3 is 2.85 bits per heavy atom. The first kappa shape index (κ1) is 16.2. The second-order valence-corrected chi connectivity index (χ2v) is 6.92. The van der Waals surface area contributed by atoms with Crippen LogP contribution in [0.15, 0.2) is 29.1 Å². The summed E-state index contributed by atoms with van der Waals surface area (Å²) < 4.78 is 12.9. The number of oxazole rings is 1. The highest BCUT2D eigenvalue weighted by Crippen LogP contribution is 2.28. The molecule has 1 aliphatic heterocycles. The van der Waals surface area contributed by atoms with Crippen LogP contribution in [0, 0.1) is 13.8 Å². The molecule has 4 aromatic rings. The van der Waals surface area contributed by atoms with Gasteiger partial charge in [-0.3, -0.25) is 0 Å². The number of benzene rings is 1. The molecular formula is C19H20N6O2. The molecule has 1 aliphatic rings. The molecule has 1 N–H and O–H groups in total. The lowest BCUT2D eigenvalue weighted by Crippen LogP contribution is -2.20. The molecule has 4 heterocycles. The van der Waals surface area contributed by atoms with Crippen molar-refractivity contribution in [3.05, 3.63) is 36.0 Å². The molecule has 138 valence electrons. The lowest BCUT2D eigenvalue weighted by atomic mass is 10.1. The van der Waals surface area contributed by atoms with Gasteiger partial charge in [-0.05, 0) is 44.4 Å².